The van der Waals surface area contributed by atoms with Crippen molar-refractivity contribution in [2.24, 2.45) is 0 Å². The van der Waals surface area contributed by atoms with E-state index in [1.165, 1.54) is 6.07 Å². The number of halogens is 3. The van der Waals surface area contributed by atoms with Crippen LogP contribution in [0.5, 0.6) is 0 Å². The molecule has 0 unspecified atom stereocenters. The summed E-state index contributed by atoms with van der Waals surface area (Å²) in [6.45, 7) is 1.94. The maximum absolute atomic E-state index is 14.2. The summed E-state index contributed by atoms with van der Waals surface area (Å²) in [7, 11) is 0. The van der Waals surface area contributed by atoms with E-state index in [-0.39, 0.29) is 0 Å². The highest BCUT2D eigenvalue weighted by Gasteiger charge is 2.16. The smallest absolute Gasteiger partial charge is 0.164 e. The molecule has 1 aromatic carbocycles. The van der Waals surface area contributed by atoms with Crippen molar-refractivity contribution >= 4 is 34.4 Å². The van der Waals surface area contributed by atoms with Gasteiger partial charge in [0.15, 0.2) is 5.65 Å². The van der Waals surface area contributed by atoms with Crippen molar-refractivity contribution in [1.82, 2.24) is 14.5 Å². The molecule has 0 N–H and O–H groups in total. The van der Waals surface area contributed by atoms with E-state index in [0.717, 1.165) is 11.1 Å². The second kappa shape index (κ2) is 5.62. The van der Waals surface area contributed by atoms with Crippen molar-refractivity contribution in [3.8, 4) is 5.69 Å². The molecule has 3 nitrogen and oxygen atoms in total. The van der Waals surface area contributed by atoms with E-state index in [1.54, 1.807) is 22.9 Å². The Labute approximate surface area is 131 Å². The Balaban J connectivity index is 2.30. The molecule has 0 amide bonds. The van der Waals surface area contributed by atoms with Gasteiger partial charge in [0.05, 0.1) is 5.69 Å². The van der Waals surface area contributed by atoms with Crippen LogP contribution in [0.25, 0.3) is 16.9 Å². The van der Waals surface area contributed by atoms with Gasteiger partial charge in [-0.15, -0.1) is 11.6 Å². The first-order valence-electron chi connectivity index (χ1n) is 6.45. The van der Waals surface area contributed by atoms with Crippen LogP contribution in [0, 0.1) is 12.7 Å². The third kappa shape index (κ3) is 2.61. The summed E-state index contributed by atoms with van der Waals surface area (Å²) in [5, 5.41) is 0.350. The summed E-state index contributed by atoms with van der Waals surface area (Å²) in [5.74, 6) is 0.664. The zero-order valence-electron chi connectivity index (χ0n) is 11.3. The monoisotopic (exact) mass is 323 g/mol. The molecule has 108 valence electrons. The number of imidazole rings is 1. The van der Waals surface area contributed by atoms with E-state index in [4.69, 9.17) is 23.2 Å². The molecule has 0 aliphatic carbocycles. The minimum Gasteiger partial charge on any atom is -0.278 e. The van der Waals surface area contributed by atoms with E-state index in [9.17, 15) is 4.39 Å². The van der Waals surface area contributed by atoms with Crippen molar-refractivity contribution in [2.75, 3.05) is 5.88 Å². The van der Waals surface area contributed by atoms with Crippen LogP contribution >= 0.6 is 23.2 Å². The van der Waals surface area contributed by atoms with Gasteiger partial charge >= 0.3 is 0 Å². The molecule has 0 aliphatic heterocycles. The van der Waals surface area contributed by atoms with E-state index in [0.29, 0.717) is 34.5 Å². The molecule has 3 aromatic rings. The molecular weight excluding hydrogens is 312 g/mol. The maximum atomic E-state index is 14.2. The summed E-state index contributed by atoms with van der Waals surface area (Å²) < 4.78 is 15.9. The second-order valence-electron chi connectivity index (χ2n) is 4.75. The van der Waals surface area contributed by atoms with Gasteiger partial charge in [-0.05, 0) is 36.8 Å². The number of aryl methyl sites for hydroxylation is 2. The minimum atomic E-state index is -0.417. The van der Waals surface area contributed by atoms with Gasteiger partial charge < -0.3 is 0 Å². The highest BCUT2D eigenvalue weighted by molar-refractivity contribution is 6.30. The summed E-state index contributed by atoms with van der Waals surface area (Å²) in [4.78, 5) is 8.90. The van der Waals surface area contributed by atoms with Crippen LogP contribution in [0.1, 0.15) is 11.4 Å². The molecule has 0 fully saturated rings. The van der Waals surface area contributed by atoms with Crippen LogP contribution in [0.3, 0.4) is 0 Å². The molecule has 0 atom stereocenters. The highest BCUT2D eigenvalue weighted by atomic mass is 35.5. The Morgan fingerprint density at radius 3 is 2.81 bits per heavy atom. The second-order valence-corrected chi connectivity index (χ2v) is 5.57. The van der Waals surface area contributed by atoms with E-state index >= 15 is 0 Å². The number of fused-ring (bicyclic) bond motifs is 1. The van der Waals surface area contributed by atoms with Gasteiger partial charge in [-0.1, -0.05) is 11.6 Å². The first kappa shape index (κ1) is 14.3. The van der Waals surface area contributed by atoms with Gasteiger partial charge in [0, 0.05) is 23.5 Å². The highest BCUT2D eigenvalue weighted by Crippen LogP contribution is 2.25. The van der Waals surface area contributed by atoms with E-state index in [1.807, 2.05) is 13.0 Å². The summed E-state index contributed by atoms with van der Waals surface area (Å²) >= 11 is 11.6. The fraction of sp³-hybridized carbons (Fsp3) is 0.200. The fourth-order valence-electron chi connectivity index (χ4n) is 2.28. The summed E-state index contributed by atoms with van der Waals surface area (Å²) in [5.41, 5.74) is 2.71. The summed E-state index contributed by atoms with van der Waals surface area (Å²) in [6.07, 6.45) is 2.26. The normalized spacial score (nSPS) is 11.2. The van der Waals surface area contributed by atoms with Crippen molar-refractivity contribution in [2.45, 2.75) is 13.3 Å². The van der Waals surface area contributed by atoms with Crippen LogP contribution < -0.4 is 0 Å². The molecule has 0 saturated heterocycles. The number of alkyl halides is 1. The van der Waals surface area contributed by atoms with Gasteiger partial charge in [0.25, 0.3) is 0 Å². The quantitative estimate of drug-likeness (QED) is 0.673. The lowest BCUT2D eigenvalue weighted by Gasteiger charge is -2.09. The number of benzene rings is 1. The lowest BCUT2D eigenvalue weighted by molar-refractivity contribution is 0.616. The van der Waals surface area contributed by atoms with Gasteiger partial charge in [-0.2, -0.15) is 0 Å². The number of nitrogens with zero attached hydrogens (tertiary/aromatic N) is 3. The molecule has 21 heavy (non-hydrogen) atoms. The van der Waals surface area contributed by atoms with Crippen molar-refractivity contribution in [3.05, 3.63) is 52.7 Å². The molecule has 0 spiro atoms. The number of rotatable bonds is 3. The van der Waals surface area contributed by atoms with Crippen LogP contribution in [0.4, 0.5) is 4.39 Å². The lowest BCUT2D eigenvalue weighted by atomic mass is 10.2. The zero-order chi connectivity index (χ0) is 15.0. The van der Waals surface area contributed by atoms with Gasteiger partial charge in [0.1, 0.15) is 17.2 Å². The molecule has 2 heterocycles. The maximum Gasteiger partial charge on any atom is 0.164 e. The molecule has 0 radical (unpaired) electrons. The predicted octanol–water partition coefficient (Wildman–Crippen LogP) is 4.30. The van der Waals surface area contributed by atoms with Crippen LogP contribution in [0.2, 0.25) is 5.02 Å². The largest absolute Gasteiger partial charge is 0.278 e. The Bertz CT molecular complexity index is 814. The SMILES string of the molecule is Cc1cnc2c(c1)nc(CCCl)n2-c1ccc(Cl)cc1F. The first-order chi connectivity index (χ1) is 10.1. The number of hydrogen-bond donors (Lipinski definition) is 0. The first-order valence-corrected chi connectivity index (χ1v) is 7.37. The number of pyridine rings is 1. The van der Waals surface area contributed by atoms with E-state index in [2.05, 4.69) is 9.97 Å². The standard InChI is InChI=1S/C15H12Cl2FN3/c1-9-6-12-15(19-8-9)21(14(20-12)4-5-16)13-3-2-10(17)7-11(13)18/h2-3,6-8H,4-5H2,1H3. The van der Waals surface area contributed by atoms with Gasteiger partial charge in [0.2, 0.25) is 0 Å². The Hall–Kier alpha value is -1.65. The Kier molecular flexibility index (Phi) is 3.83. The van der Waals surface area contributed by atoms with Crippen LogP contribution in [-0.4, -0.2) is 20.4 Å². The van der Waals surface area contributed by atoms with Crippen molar-refractivity contribution < 1.29 is 4.39 Å². The lowest BCUT2D eigenvalue weighted by Crippen LogP contribution is -2.05. The van der Waals surface area contributed by atoms with E-state index < -0.39 is 5.82 Å². The average Bonchev–Trinajstić information content (AvgIpc) is 2.76. The van der Waals surface area contributed by atoms with Gasteiger partial charge in [-0.25, -0.2) is 14.4 Å². The average molecular weight is 324 g/mol. The zero-order valence-corrected chi connectivity index (χ0v) is 12.8. The molecule has 6 heteroatoms. The molecule has 2 aromatic heterocycles. The van der Waals surface area contributed by atoms with Crippen molar-refractivity contribution in [1.29, 1.82) is 0 Å². The summed E-state index contributed by atoms with van der Waals surface area (Å²) in [6, 6.07) is 6.47. The third-order valence-electron chi connectivity index (χ3n) is 3.17. The van der Waals surface area contributed by atoms with Gasteiger partial charge in [-0.3, -0.25) is 4.57 Å². The molecular formula is C15H12Cl2FN3. The molecule has 3 rings (SSSR count). The minimum absolute atomic E-state index is 0.350. The molecule has 0 aliphatic rings. The Morgan fingerprint density at radius 2 is 2.10 bits per heavy atom. The molecule has 0 bridgehead atoms. The van der Waals surface area contributed by atoms with Crippen molar-refractivity contribution in [3.63, 3.8) is 0 Å². The van der Waals surface area contributed by atoms with Crippen LogP contribution in [0.15, 0.2) is 30.5 Å². The van der Waals surface area contributed by atoms with Crippen LogP contribution in [-0.2, 0) is 6.42 Å². The predicted molar refractivity (Wildman–Crippen MR) is 83.0 cm³/mol. The number of aromatic nitrogens is 3. The fourth-order valence-corrected chi connectivity index (χ4v) is 2.61. The Morgan fingerprint density at radius 1 is 1.29 bits per heavy atom. The molecule has 0 saturated carbocycles. The number of hydrogen-bond acceptors (Lipinski definition) is 2. The third-order valence-corrected chi connectivity index (χ3v) is 3.60. The topological polar surface area (TPSA) is 30.7 Å².